The summed E-state index contributed by atoms with van der Waals surface area (Å²) < 4.78 is 0. The van der Waals surface area contributed by atoms with Crippen LogP contribution in [0.5, 0.6) is 0 Å². The highest BCUT2D eigenvalue weighted by atomic mass is 35.5. The van der Waals surface area contributed by atoms with E-state index in [0.29, 0.717) is 25.9 Å². The van der Waals surface area contributed by atoms with Crippen LogP contribution in [-0.2, 0) is 16.1 Å². The Morgan fingerprint density at radius 2 is 1.69 bits per heavy atom. The van der Waals surface area contributed by atoms with Gasteiger partial charge >= 0.3 is 0 Å². The molecule has 1 aliphatic rings. The Labute approximate surface area is 179 Å². The fourth-order valence-electron chi connectivity index (χ4n) is 3.84. The van der Waals surface area contributed by atoms with Crippen LogP contribution >= 0.6 is 12.4 Å². The minimum atomic E-state index is -0.248. The normalized spacial score (nSPS) is 18.8. The number of halogens is 1. The number of likely N-dealkylation sites (N-methyl/N-ethyl adjacent to an activating group) is 1. The number of likely N-dealkylation sites (tertiary alicyclic amines) is 1. The number of hydrogen-bond acceptors (Lipinski definition) is 3. The molecule has 2 N–H and O–H groups in total. The lowest BCUT2D eigenvalue weighted by molar-refractivity contribution is -0.144. The molecule has 0 radical (unpaired) electrons. The number of amides is 2. The molecule has 0 aliphatic carbocycles. The largest absolute Gasteiger partial charge is 0.355 e. The van der Waals surface area contributed by atoms with Crippen LogP contribution in [0.2, 0.25) is 0 Å². The molecule has 29 heavy (non-hydrogen) atoms. The zero-order valence-electron chi connectivity index (χ0n) is 16.8. The van der Waals surface area contributed by atoms with Crippen LogP contribution in [0, 0.1) is 5.92 Å². The summed E-state index contributed by atoms with van der Waals surface area (Å²) in [7, 11) is 0. The lowest BCUT2D eigenvalue weighted by Crippen LogP contribution is -2.48. The van der Waals surface area contributed by atoms with Crippen LogP contribution in [0.4, 0.5) is 0 Å². The highest BCUT2D eigenvalue weighted by Gasteiger charge is 2.40. The summed E-state index contributed by atoms with van der Waals surface area (Å²) in [6, 6.07) is 19.6. The van der Waals surface area contributed by atoms with Crippen molar-refractivity contribution in [3.63, 3.8) is 0 Å². The Hall–Kier alpha value is -2.37. The van der Waals surface area contributed by atoms with Gasteiger partial charge in [0.15, 0.2) is 0 Å². The number of nitrogens with one attached hydrogen (secondary N) is 2. The number of carbonyl (C=O) groups is 2. The molecule has 6 heteroatoms. The van der Waals surface area contributed by atoms with Crippen LogP contribution in [0.1, 0.15) is 36.9 Å². The molecule has 3 rings (SSSR count). The zero-order valence-corrected chi connectivity index (χ0v) is 17.7. The average Bonchev–Trinajstić information content (AvgIpc) is 2.74. The molecule has 0 saturated carbocycles. The number of rotatable bonds is 8. The third kappa shape index (κ3) is 6.05. The zero-order chi connectivity index (χ0) is 19.8. The van der Waals surface area contributed by atoms with Gasteiger partial charge in [-0.1, -0.05) is 67.6 Å². The van der Waals surface area contributed by atoms with Gasteiger partial charge in [0.25, 0.3) is 0 Å². The van der Waals surface area contributed by atoms with E-state index < -0.39 is 0 Å². The number of hydrogen-bond donors (Lipinski definition) is 2. The predicted molar refractivity (Wildman–Crippen MR) is 118 cm³/mol. The quantitative estimate of drug-likeness (QED) is 0.650. The summed E-state index contributed by atoms with van der Waals surface area (Å²) >= 11 is 0. The summed E-state index contributed by atoms with van der Waals surface area (Å²) in [5.74, 6) is -0.114. The molecule has 2 atom stereocenters. The van der Waals surface area contributed by atoms with Crippen molar-refractivity contribution in [3.8, 4) is 0 Å². The number of piperidine rings is 1. The van der Waals surface area contributed by atoms with Gasteiger partial charge in [0.05, 0.1) is 12.0 Å². The first kappa shape index (κ1) is 22.9. The number of benzene rings is 2. The minimum Gasteiger partial charge on any atom is -0.355 e. The van der Waals surface area contributed by atoms with Gasteiger partial charge in [-0.25, -0.2) is 0 Å². The van der Waals surface area contributed by atoms with Crippen molar-refractivity contribution in [1.29, 1.82) is 0 Å². The lowest BCUT2D eigenvalue weighted by Gasteiger charge is -2.41. The van der Waals surface area contributed by atoms with E-state index in [-0.39, 0.29) is 36.2 Å². The van der Waals surface area contributed by atoms with E-state index in [2.05, 4.69) is 10.6 Å². The molecule has 5 nitrogen and oxygen atoms in total. The monoisotopic (exact) mass is 415 g/mol. The summed E-state index contributed by atoms with van der Waals surface area (Å²) in [4.78, 5) is 27.7. The molecular formula is C23H30ClN3O2. The lowest BCUT2D eigenvalue weighted by atomic mass is 9.83. The van der Waals surface area contributed by atoms with E-state index in [1.807, 2.05) is 72.5 Å². The van der Waals surface area contributed by atoms with Crippen LogP contribution in [0.3, 0.4) is 0 Å². The van der Waals surface area contributed by atoms with Gasteiger partial charge < -0.3 is 15.5 Å². The van der Waals surface area contributed by atoms with Gasteiger partial charge in [-0.05, 0) is 24.1 Å². The highest BCUT2D eigenvalue weighted by Crippen LogP contribution is 2.37. The van der Waals surface area contributed by atoms with Gasteiger partial charge in [0, 0.05) is 26.1 Å². The van der Waals surface area contributed by atoms with Gasteiger partial charge in [-0.2, -0.15) is 0 Å². The maximum Gasteiger partial charge on any atom is 0.225 e. The first-order chi connectivity index (χ1) is 13.7. The second kappa shape index (κ2) is 11.6. The maximum atomic E-state index is 13.0. The van der Waals surface area contributed by atoms with E-state index in [4.69, 9.17) is 0 Å². The Kier molecular flexibility index (Phi) is 9.16. The molecule has 2 amide bonds. The third-order valence-electron chi connectivity index (χ3n) is 5.23. The van der Waals surface area contributed by atoms with Crippen LogP contribution < -0.4 is 10.6 Å². The van der Waals surface area contributed by atoms with Crippen LogP contribution in [-0.4, -0.2) is 36.3 Å². The molecular weight excluding hydrogens is 386 g/mol. The number of carbonyl (C=O) groups excluding carboxylic acids is 2. The van der Waals surface area contributed by atoms with Gasteiger partial charge in [0.1, 0.15) is 0 Å². The van der Waals surface area contributed by atoms with Crippen molar-refractivity contribution in [1.82, 2.24) is 15.5 Å². The first-order valence-corrected chi connectivity index (χ1v) is 10.1. The molecule has 2 aromatic rings. The van der Waals surface area contributed by atoms with Crippen molar-refractivity contribution in [2.45, 2.75) is 32.4 Å². The van der Waals surface area contributed by atoms with Gasteiger partial charge in [0.2, 0.25) is 11.8 Å². The van der Waals surface area contributed by atoms with Crippen LogP contribution in [0.15, 0.2) is 60.7 Å². The molecule has 0 spiro atoms. The molecule has 1 aliphatic heterocycles. The predicted octanol–water partition coefficient (Wildman–Crippen LogP) is 3.31. The Morgan fingerprint density at radius 3 is 2.34 bits per heavy atom. The molecule has 156 valence electrons. The van der Waals surface area contributed by atoms with Crippen LogP contribution in [0.25, 0.3) is 0 Å². The van der Waals surface area contributed by atoms with E-state index >= 15 is 0 Å². The molecule has 0 aromatic heterocycles. The molecule has 2 unspecified atom stereocenters. The molecule has 1 fully saturated rings. The van der Waals surface area contributed by atoms with Gasteiger partial charge in [-0.15, -0.1) is 12.4 Å². The number of nitrogens with zero attached hydrogens (tertiary/aromatic N) is 1. The first-order valence-electron chi connectivity index (χ1n) is 10.1. The smallest absolute Gasteiger partial charge is 0.225 e. The van der Waals surface area contributed by atoms with Crippen molar-refractivity contribution in [2.75, 3.05) is 19.6 Å². The molecule has 2 aromatic carbocycles. The molecule has 1 heterocycles. The van der Waals surface area contributed by atoms with E-state index in [9.17, 15) is 9.59 Å². The van der Waals surface area contributed by atoms with Crippen molar-refractivity contribution in [2.24, 2.45) is 5.92 Å². The van der Waals surface area contributed by atoms with E-state index in [0.717, 1.165) is 24.2 Å². The standard InChI is InChI=1S/C23H29N3O2.ClH/c1-2-24-15-16-25-23(28)20-13-14-21(27)26(17-18-9-5-3-6-10-18)22(20)19-11-7-4-8-12-19;/h3-12,20,22,24H,2,13-17H2,1H3,(H,25,28);1H. The molecule has 1 saturated heterocycles. The second-order valence-electron chi connectivity index (χ2n) is 7.15. The van der Waals surface area contributed by atoms with Crippen molar-refractivity contribution < 1.29 is 9.59 Å². The SMILES string of the molecule is CCNCCNC(=O)C1CCC(=O)N(Cc2ccccc2)C1c1ccccc1.Cl. The fraction of sp³-hybridized carbons (Fsp3) is 0.391. The Balaban J connectivity index is 0.00000300. The summed E-state index contributed by atoms with van der Waals surface area (Å²) in [6.45, 7) is 4.78. The fourth-order valence-corrected chi connectivity index (χ4v) is 3.84. The van der Waals surface area contributed by atoms with E-state index in [1.165, 1.54) is 0 Å². The highest BCUT2D eigenvalue weighted by molar-refractivity contribution is 5.85. The topological polar surface area (TPSA) is 61.4 Å². The molecule has 0 bridgehead atoms. The summed E-state index contributed by atoms with van der Waals surface area (Å²) in [6.07, 6.45) is 0.984. The average molecular weight is 416 g/mol. The summed E-state index contributed by atoms with van der Waals surface area (Å²) in [5.41, 5.74) is 2.09. The summed E-state index contributed by atoms with van der Waals surface area (Å²) in [5, 5.41) is 6.27. The van der Waals surface area contributed by atoms with Crippen molar-refractivity contribution in [3.05, 3.63) is 71.8 Å². The van der Waals surface area contributed by atoms with Gasteiger partial charge in [-0.3, -0.25) is 9.59 Å². The third-order valence-corrected chi connectivity index (χ3v) is 5.23. The van der Waals surface area contributed by atoms with Crippen molar-refractivity contribution >= 4 is 24.2 Å². The Morgan fingerprint density at radius 1 is 1.03 bits per heavy atom. The maximum absolute atomic E-state index is 13.0. The minimum absolute atomic E-state index is 0. The van der Waals surface area contributed by atoms with E-state index in [1.54, 1.807) is 0 Å². The Bertz CT molecular complexity index is 770. The second-order valence-corrected chi connectivity index (χ2v) is 7.15.